The number of rotatable bonds is 11. The van der Waals surface area contributed by atoms with Gasteiger partial charge in [-0.05, 0) is 77.6 Å². The molecule has 1 fully saturated rings. The molecular weight excluding hydrogens is 827 g/mol. The van der Waals surface area contributed by atoms with Gasteiger partial charge < -0.3 is 47.1 Å². The Morgan fingerprint density at radius 1 is 0.862 bits per heavy atom. The van der Waals surface area contributed by atoms with Gasteiger partial charge in [-0.25, -0.2) is 0 Å². The molecule has 0 aliphatic carbocycles. The van der Waals surface area contributed by atoms with Crippen LogP contribution in [0.15, 0.2) is 109 Å². The number of carbonyl (C=O) groups excluding carboxylic acids is 6. The van der Waals surface area contributed by atoms with Crippen LogP contribution in [0.25, 0.3) is 11.1 Å². The fourth-order valence-corrected chi connectivity index (χ4v) is 8.33. The van der Waals surface area contributed by atoms with Crippen molar-refractivity contribution in [2.24, 2.45) is 11.1 Å². The van der Waals surface area contributed by atoms with Gasteiger partial charge in [-0.2, -0.15) is 0 Å². The van der Waals surface area contributed by atoms with Gasteiger partial charge in [0.15, 0.2) is 0 Å². The van der Waals surface area contributed by atoms with Gasteiger partial charge in [-0.15, -0.1) is 0 Å². The lowest BCUT2D eigenvalue weighted by atomic mass is 9.74. The number of benzene rings is 4. The molecule has 2 aliphatic heterocycles. The monoisotopic (exact) mass is 885 g/mol. The quantitative estimate of drug-likeness (QED) is 0.110. The van der Waals surface area contributed by atoms with E-state index in [1.807, 2.05) is 67.6 Å². The predicted molar refractivity (Wildman–Crippen MR) is 246 cm³/mol. The summed E-state index contributed by atoms with van der Waals surface area (Å²) in [6.07, 6.45) is 3.60. The minimum absolute atomic E-state index is 0.00859. The van der Waals surface area contributed by atoms with Gasteiger partial charge in [0.1, 0.15) is 17.8 Å². The largest absolute Gasteiger partial charge is 0.508 e. The van der Waals surface area contributed by atoms with Gasteiger partial charge in [0.2, 0.25) is 35.4 Å². The number of fused-ring (bicyclic) bond motifs is 3. The van der Waals surface area contributed by atoms with Crippen molar-refractivity contribution in [2.75, 3.05) is 45.9 Å². The van der Waals surface area contributed by atoms with Crippen molar-refractivity contribution in [3.63, 3.8) is 0 Å². The minimum Gasteiger partial charge on any atom is -0.508 e. The van der Waals surface area contributed by atoms with Crippen LogP contribution >= 0.6 is 0 Å². The molecule has 4 aromatic rings. The van der Waals surface area contributed by atoms with Crippen LogP contribution in [0.3, 0.4) is 0 Å². The summed E-state index contributed by atoms with van der Waals surface area (Å²) in [4.78, 5) is 84.5. The van der Waals surface area contributed by atoms with Crippen LogP contribution < -0.4 is 32.3 Å². The number of nitrogens with one attached hydrogen (secondary N) is 5. The van der Waals surface area contributed by atoms with Crippen molar-refractivity contribution in [1.29, 1.82) is 0 Å². The second-order valence-corrected chi connectivity index (χ2v) is 16.6. The standard InChI is InChI=1S/C50H59N7O8/c1-34-40(13-7-14-43(34)58)37-17-15-35(16-18-37)29-42-48(63)54-32-39-12-6-5-11-38(39)30-45(60)55-41(47(62)53-25-28-65-27-23-51)21-24-52-44(59)19-20-46(61)57-26-8-22-50(33-57,49(64)56-42)31-36-9-3-2-4-10-36/h2-7,9-20,41-42,58H,8,21-33,51H2,1H3,(H,52,59)(H,53,62)(H,54,63)(H,55,60)(H,56,64)/b20-19+/t41-,42-,50-/m0/s1. The van der Waals surface area contributed by atoms with Crippen molar-refractivity contribution in [1.82, 2.24) is 31.5 Å². The normalized spacial score (nSPS) is 20.7. The smallest absolute Gasteiger partial charge is 0.246 e. The minimum atomic E-state index is -1.12. The highest BCUT2D eigenvalue weighted by Gasteiger charge is 2.44. The number of nitrogens with zero attached hydrogens (tertiary/aromatic N) is 1. The molecule has 342 valence electrons. The van der Waals surface area contributed by atoms with E-state index in [-0.39, 0.29) is 63.7 Å². The Morgan fingerprint density at radius 2 is 1.62 bits per heavy atom. The number of hydrogen-bond donors (Lipinski definition) is 7. The van der Waals surface area contributed by atoms with Crippen LogP contribution in [0.1, 0.15) is 47.1 Å². The first-order valence-corrected chi connectivity index (χ1v) is 22.1. The fraction of sp³-hybridized carbons (Fsp3) is 0.360. The number of piperidine rings is 1. The summed E-state index contributed by atoms with van der Waals surface area (Å²) < 4.78 is 5.37. The lowest BCUT2D eigenvalue weighted by Crippen LogP contribution is -2.58. The van der Waals surface area contributed by atoms with E-state index >= 15 is 0 Å². The van der Waals surface area contributed by atoms with Gasteiger partial charge in [0.05, 0.1) is 25.0 Å². The van der Waals surface area contributed by atoms with Crippen LogP contribution in [-0.4, -0.2) is 103 Å². The Bertz CT molecular complexity index is 2340. The Balaban J connectivity index is 1.31. The lowest BCUT2D eigenvalue weighted by molar-refractivity contribution is -0.141. The molecule has 65 heavy (non-hydrogen) atoms. The van der Waals surface area contributed by atoms with E-state index in [0.29, 0.717) is 50.1 Å². The highest BCUT2D eigenvalue weighted by Crippen LogP contribution is 2.35. The third-order valence-electron chi connectivity index (χ3n) is 11.9. The molecule has 0 unspecified atom stereocenters. The Hall–Kier alpha value is -6.84. The summed E-state index contributed by atoms with van der Waals surface area (Å²) in [7, 11) is 0. The second kappa shape index (κ2) is 23.2. The van der Waals surface area contributed by atoms with E-state index in [1.54, 1.807) is 41.3 Å². The summed E-state index contributed by atoms with van der Waals surface area (Å²) >= 11 is 0. The molecule has 0 radical (unpaired) electrons. The van der Waals surface area contributed by atoms with Crippen molar-refractivity contribution in [3.05, 3.63) is 137 Å². The fourth-order valence-electron chi connectivity index (χ4n) is 8.33. The SMILES string of the molecule is Cc1c(O)cccc1-c1ccc(C[C@@H]2NC(=O)[C@]3(Cc4ccccc4)CCCN(C3)C(=O)/C=C/C(=O)NCC[C@@H](C(=O)NCCOCCN)NC(=O)Cc3ccccc3CNC2=O)cc1. The van der Waals surface area contributed by atoms with Crippen LogP contribution in [0.2, 0.25) is 0 Å². The maximum Gasteiger partial charge on any atom is 0.246 e. The highest BCUT2D eigenvalue weighted by molar-refractivity contribution is 5.97. The molecule has 2 bridgehead atoms. The third kappa shape index (κ3) is 13.3. The molecular formula is C50H59N7O8. The number of amides is 6. The number of ether oxygens (including phenoxy) is 1. The van der Waals surface area contributed by atoms with Crippen molar-refractivity contribution in [2.45, 2.75) is 64.1 Å². The van der Waals surface area contributed by atoms with Crippen molar-refractivity contribution in [3.8, 4) is 16.9 Å². The van der Waals surface area contributed by atoms with Gasteiger partial charge >= 0.3 is 0 Å². The van der Waals surface area contributed by atoms with Crippen molar-refractivity contribution < 1.29 is 38.6 Å². The molecule has 15 heteroatoms. The Morgan fingerprint density at radius 3 is 2.38 bits per heavy atom. The zero-order valence-corrected chi connectivity index (χ0v) is 36.8. The molecule has 8 N–H and O–H groups in total. The Labute approximate surface area is 379 Å². The molecule has 2 aliphatic rings. The number of hydrogen-bond acceptors (Lipinski definition) is 9. The van der Waals surface area contributed by atoms with Gasteiger partial charge in [-0.1, -0.05) is 91.0 Å². The first-order chi connectivity index (χ1) is 31.4. The first kappa shape index (κ1) is 47.6. The van der Waals surface area contributed by atoms with E-state index in [1.165, 1.54) is 6.08 Å². The number of nitrogens with two attached hydrogens (primary N) is 1. The maximum atomic E-state index is 14.9. The molecule has 6 amide bonds. The van der Waals surface area contributed by atoms with E-state index in [9.17, 15) is 33.9 Å². The van der Waals surface area contributed by atoms with Crippen molar-refractivity contribution >= 4 is 35.4 Å². The summed E-state index contributed by atoms with van der Waals surface area (Å²) in [5.41, 5.74) is 9.78. The molecule has 0 aromatic heterocycles. The molecule has 4 aromatic carbocycles. The van der Waals surface area contributed by atoms with E-state index in [2.05, 4.69) is 26.6 Å². The molecule has 15 nitrogen and oxygen atoms in total. The molecule has 2 heterocycles. The van der Waals surface area contributed by atoms with Crippen LogP contribution in [0.4, 0.5) is 0 Å². The maximum absolute atomic E-state index is 14.9. The number of phenols is 1. The summed E-state index contributed by atoms with van der Waals surface area (Å²) in [5, 5.41) is 24.7. The molecule has 0 saturated carbocycles. The summed E-state index contributed by atoms with van der Waals surface area (Å²) in [5.74, 6) is -2.60. The molecule has 0 spiro atoms. The third-order valence-corrected chi connectivity index (χ3v) is 11.9. The van der Waals surface area contributed by atoms with Crippen LogP contribution in [0, 0.1) is 12.3 Å². The zero-order valence-electron chi connectivity index (χ0n) is 36.8. The average molecular weight is 886 g/mol. The van der Waals surface area contributed by atoms with Gasteiger partial charge in [0, 0.05) is 57.8 Å². The second-order valence-electron chi connectivity index (χ2n) is 16.6. The van der Waals surface area contributed by atoms with E-state index < -0.39 is 47.0 Å². The molecule has 3 atom stereocenters. The summed E-state index contributed by atoms with van der Waals surface area (Å²) in [6, 6.07) is 27.6. The van der Waals surface area contributed by atoms with Gasteiger partial charge in [-0.3, -0.25) is 28.8 Å². The van der Waals surface area contributed by atoms with E-state index in [4.69, 9.17) is 10.5 Å². The molecule has 1 saturated heterocycles. The lowest BCUT2D eigenvalue weighted by Gasteiger charge is -2.42. The number of phenolic OH excluding ortho intramolecular Hbond substituents is 1. The van der Waals surface area contributed by atoms with Crippen LogP contribution in [0.5, 0.6) is 5.75 Å². The topological polar surface area (TPSA) is 221 Å². The van der Waals surface area contributed by atoms with E-state index in [0.717, 1.165) is 33.9 Å². The first-order valence-electron chi connectivity index (χ1n) is 22.1. The zero-order chi connectivity index (χ0) is 46.2. The summed E-state index contributed by atoms with van der Waals surface area (Å²) in [6.45, 7) is 3.35. The van der Waals surface area contributed by atoms with Crippen LogP contribution in [-0.2, 0) is 59.3 Å². The number of aromatic hydroxyl groups is 1. The average Bonchev–Trinajstić information content (AvgIpc) is 3.31. The van der Waals surface area contributed by atoms with Gasteiger partial charge in [0.25, 0.3) is 0 Å². The predicted octanol–water partition coefficient (Wildman–Crippen LogP) is 2.76. The Kier molecular flexibility index (Phi) is 17.0. The number of carbonyl (C=O) groups is 6. The molecule has 6 rings (SSSR count). The highest BCUT2D eigenvalue weighted by atomic mass is 16.5.